The Morgan fingerprint density at radius 1 is 1.12 bits per heavy atom. The van der Waals surface area contributed by atoms with Crippen molar-refractivity contribution >= 4 is 0 Å². The Morgan fingerprint density at radius 3 is 2.25 bits per heavy atom. The maximum Gasteiger partial charge on any atom is 0.0469 e. The Morgan fingerprint density at radius 2 is 1.75 bits per heavy atom. The van der Waals surface area contributed by atoms with Crippen LogP contribution >= 0.6 is 0 Å². The second-order valence-electron chi connectivity index (χ2n) is 3.25. The number of ether oxygens (including phenoxy) is 1. The number of hydrogen-bond donors (Lipinski definition) is 0. The zero-order valence-corrected chi connectivity index (χ0v) is 11.3. The number of unbranched alkanes of at least 4 members (excludes halogenated alkanes) is 1. The molecule has 0 aliphatic heterocycles. The first-order valence-electron chi connectivity index (χ1n) is 6.37. The zero-order valence-electron chi connectivity index (χ0n) is 11.3. The lowest BCUT2D eigenvalue weighted by Crippen LogP contribution is -1.96. The number of allylic oxidation sites excluding steroid dienone is 4. The van der Waals surface area contributed by atoms with Crippen molar-refractivity contribution < 1.29 is 4.74 Å². The zero-order chi connectivity index (χ0) is 12.6. The average Bonchev–Trinajstić information content (AvgIpc) is 2.34. The van der Waals surface area contributed by atoms with E-state index in [-0.39, 0.29) is 0 Å². The van der Waals surface area contributed by atoms with Gasteiger partial charge in [-0.15, -0.1) is 0 Å². The van der Waals surface area contributed by atoms with Gasteiger partial charge >= 0.3 is 0 Å². The fourth-order valence-electron chi connectivity index (χ4n) is 1.13. The second-order valence-corrected chi connectivity index (χ2v) is 3.25. The van der Waals surface area contributed by atoms with Crippen molar-refractivity contribution in [1.82, 2.24) is 0 Å². The molecule has 1 nitrogen and oxygen atoms in total. The second kappa shape index (κ2) is 16.6. The largest absolute Gasteiger partial charge is 0.381 e. The van der Waals surface area contributed by atoms with Gasteiger partial charge < -0.3 is 4.74 Å². The smallest absolute Gasteiger partial charge is 0.0469 e. The summed E-state index contributed by atoms with van der Waals surface area (Å²) in [6, 6.07) is 0. The van der Waals surface area contributed by atoms with E-state index in [2.05, 4.69) is 20.1 Å². The fraction of sp³-hybridized carbons (Fsp3) is 0.600. The van der Waals surface area contributed by atoms with Crippen molar-refractivity contribution in [2.45, 2.75) is 46.5 Å². The van der Waals surface area contributed by atoms with Gasteiger partial charge in [0.1, 0.15) is 0 Å². The molecular weight excluding hydrogens is 196 g/mol. The van der Waals surface area contributed by atoms with Crippen molar-refractivity contribution in [3.05, 3.63) is 37.0 Å². The Balaban J connectivity index is 0. The predicted octanol–water partition coefficient (Wildman–Crippen LogP) is 4.91. The van der Waals surface area contributed by atoms with E-state index < -0.39 is 0 Å². The molecule has 94 valence electrons. The third-order valence-electron chi connectivity index (χ3n) is 1.99. The average molecular weight is 224 g/mol. The topological polar surface area (TPSA) is 9.23 Å². The molecule has 0 rings (SSSR count). The van der Waals surface area contributed by atoms with Gasteiger partial charge in [-0.25, -0.2) is 0 Å². The molecule has 0 aromatic rings. The highest BCUT2D eigenvalue weighted by atomic mass is 16.5. The van der Waals surface area contributed by atoms with E-state index in [1.54, 1.807) is 6.08 Å². The van der Waals surface area contributed by atoms with E-state index in [0.717, 1.165) is 32.5 Å². The molecule has 0 spiro atoms. The quantitative estimate of drug-likeness (QED) is 0.399. The lowest BCUT2D eigenvalue weighted by atomic mass is 10.1. The summed E-state index contributed by atoms with van der Waals surface area (Å²) in [5, 5.41) is 0. The molecule has 0 saturated heterocycles. The van der Waals surface area contributed by atoms with E-state index >= 15 is 0 Å². The lowest BCUT2D eigenvalue weighted by molar-refractivity contribution is 0.129. The number of rotatable bonds is 9. The monoisotopic (exact) mass is 224 g/mol. The van der Waals surface area contributed by atoms with Gasteiger partial charge in [0.25, 0.3) is 0 Å². The summed E-state index contributed by atoms with van der Waals surface area (Å²) < 4.78 is 5.46. The van der Waals surface area contributed by atoms with Crippen LogP contribution in [0.5, 0.6) is 0 Å². The molecule has 0 amide bonds. The minimum atomic E-state index is 0.850. The van der Waals surface area contributed by atoms with Crippen molar-refractivity contribution in [2.75, 3.05) is 13.2 Å². The highest BCUT2D eigenvalue weighted by molar-refractivity contribution is 5.20. The molecule has 0 aromatic heterocycles. The van der Waals surface area contributed by atoms with Gasteiger partial charge in [0.2, 0.25) is 0 Å². The first-order chi connectivity index (χ1) is 7.85. The third-order valence-corrected chi connectivity index (χ3v) is 1.99. The van der Waals surface area contributed by atoms with E-state index in [1.165, 1.54) is 12.0 Å². The standard InChI is InChI=1S/C13H22O.C2H6/c1-4-7-11-14-12-8-10-13(6-3)9-5-2;1-2/h5-6,9H,2-4,7-8,10-12H2,1H3;1-2H3/b13-9+;. The Labute approximate surface area is 102 Å². The van der Waals surface area contributed by atoms with Gasteiger partial charge in [-0.3, -0.25) is 0 Å². The summed E-state index contributed by atoms with van der Waals surface area (Å²) in [5.41, 5.74) is 1.24. The molecule has 0 bridgehead atoms. The molecule has 0 aliphatic rings. The highest BCUT2D eigenvalue weighted by Gasteiger charge is 1.92. The van der Waals surface area contributed by atoms with Crippen molar-refractivity contribution in [1.29, 1.82) is 0 Å². The summed E-state index contributed by atoms with van der Waals surface area (Å²) in [7, 11) is 0. The van der Waals surface area contributed by atoms with Crippen LogP contribution in [0.1, 0.15) is 46.5 Å². The van der Waals surface area contributed by atoms with Crippen molar-refractivity contribution in [2.24, 2.45) is 0 Å². The van der Waals surface area contributed by atoms with Crippen LogP contribution in [0.25, 0.3) is 0 Å². The summed E-state index contributed by atoms with van der Waals surface area (Å²) in [6.45, 7) is 15.3. The third kappa shape index (κ3) is 13.2. The minimum Gasteiger partial charge on any atom is -0.381 e. The van der Waals surface area contributed by atoms with Crippen LogP contribution in [0.3, 0.4) is 0 Å². The first-order valence-corrected chi connectivity index (χ1v) is 6.37. The maximum atomic E-state index is 5.46. The van der Waals surface area contributed by atoms with Crippen molar-refractivity contribution in [3.63, 3.8) is 0 Å². The normalized spacial score (nSPS) is 10.3. The van der Waals surface area contributed by atoms with Gasteiger partial charge in [0, 0.05) is 13.2 Å². The van der Waals surface area contributed by atoms with Crippen LogP contribution in [0.15, 0.2) is 37.0 Å². The van der Waals surface area contributed by atoms with Crippen LogP contribution in [0.4, 0.5) is 0 Å². The summed E-state index contributed by atoms with van der Waals surface area (Å²) in [4.78, 5) is 0. The first kappa shape index (κ1) is 17.6. The Kier molecular flexibility index (Phi) is 18.2. The SMILES string of the molecule is C=C/C=C(\C=C)CCCOCCCC.CC. The summed E-state index contributed by atoms with van der Waals surface area (Å²) in [6.07, 6.45) is 10.1. The van der Waals surface area contributed by atoms with Gasteiger partial charge in [-0.2, -0.15) is 0 Å². The van der Waals surface area contributed by atoms with Gasteiger partial charge in [-0.05, 0) is 24.8 Å². The highest BCUT2D eigenvalue weighted by Crippen LogP contribution is 2.06. The molecule has 16 heavy (non-hydrogen) atoms. The molecule has 0 N–H and O–H groups in total. The van der Waals surface area contributed by atoms with Crippen LogP contribution in [-0.2, 0) is 4.74 Å². The van der Waals surface area contributed by atoms with E-state index in [9.17, 15) is 0 Å². The van der Waals surface area contributed by atoms with Gasteiger partial charge in [-0.1, -0.05) is 58.6 Å². The lowest BCUT2D eigenvalue weighted by Gasteiger charge is -2.03. The molecular formula is C15H28O. The van der Waals surface area contributed by atoms with Crippen LogP contribution < -0.4 is 0 Å². The van der Waals surface area contributed by atoms with Crippen LogP contribution in [-0.4, -0.2) is 13.2 Å². The Hall–Kier alpha value is -0.820. The van der Waals surface area contributed by atoms with Crippen molar-refractivity contribution in [3.8, 4) is 0 Å². The maximum absolute atomic E-state index is 5.46. The van der Waals surface area contributed by atoms with Gasteiger partial charge in [0.05, 0.1) is 0 Å². The van der Waals surface area contributed by atoms with E-state index in [0.29, 0.717) is 0 Å². The van der Waals surface area contributed by atoms with E-state index in [4.69, 9.17) is 4.74 Å². The summed E-state index contributed by atoms with van der Waals surface area (Å²) in [5.74, 6) is 0. The predicted molar refractivity (Wildman–Crippen MR) is 74.8 cm³/mol. The van der Waals surface area contributed by atoms with Crippen LogP contribution in [0, 0.1) is 0 Å². The molecule has 0 atom stereocenters. The van der Waals surface area contributed by atoms with Crippen LogP contribution in [0.2, 0.25) is 0 Å². The Bertz CT molecular complexity index is 180. The fourth-order valence-corrected chi connectivity index (χ4v) is 1.13. The van der Waals surface area contributed by atoms with E-state index in [1.807, 2.05) is 26.0 Å². The number of hydrogen-bond acceptors (Lipinski definition) is 1. The molecule has 0 radical (unpaired) electrons. The minimum absolute atomic E-state index is 0.850. The molecule has 0 aliphatic carbocycles. The molecule has 1 heteroatoms. The molecule has 0 fully saturated rings. The summed E-state index contributed by atoms with van der Waals surface area (Å²) >= 11 is 0. The van der Waals surface area contributed by atoms with Gasteiger partial charge in [0.15, 0.2) is 0 Å². The molecule has 0 saturated carbocycles. The molecule has 0 heterocycles. The molecule has 0 unspecified atom stereocenters. The molecule has 0 aromatic carbocycles.